The molecule has 23 heavy (non-hydrogen) atoms. The summed E-state index contributed by atoms with van der Waals surface area (Å²) >= 11 is 12.0. The molecule has 0 aliphatic heterocycles. The molecule has 0 radical (unpaired) electrons. The van der Waals surface area contributed by atoms with E-state index in [1.165, 1.54) is 0 Å². The summed E-state index contributed by atoms with van der Waals surface area (Å²) in [5.74, 6) is 0.712. The molecule has 0 aromatic heterocycles. The van der Waals surface area contributed by atoms with Crippen LogP contribution in [0.2, 0.25) is 10.0 Å². The Bertz CT molecular complexity index is 701. The van der Waals surface area contributed by atoms with E-state index < -0.39 is 0 Å². The molecule has 0 spiro atoms. The molecular weight excluding hydrogens is 333 g/mol. The highest BCUT2D eigenvalue weighted by Gasteiger charge is 2.06. The fourth-order valence-corrected chi connectivity index (χ4v) is 2.63. The summed E-state index contributed by atoms with van der Waals surface area (Å²) in [6, 6.07) is 11.0. The van der Waals surface area contributed by atoms with Crippen LogP contribution in [-0.2, 0) is 4.79 Å². The molecular formula is C18H19Cl2NO2. The highest BCUT2D eigenvalue weighted by molar-refractivity contribution is 6.33. The lowest BCUT2D eigenvalue weighted by Gasteiger charge is -2.10. The zero-order valence-corrected chi connectivity index (χ0v) is 14.7. The number of rotatable bonds is 6. The Balaban J connectivity index is 1.76. The van der Waals surface area contributed by atoms with Gasteiger partial charge in [-0.3, -0.25) is 4.79 Å². The SMILES string of the molecule is Cc1ccc(NC(=O)CCCOc2ccc(Cl)cc2C)c(Cl)c1. The third-order valence-electron chi connectivity index (χ3n) is 3.34. The molecule has 1 amide bonds. The minimum Gasteiger partial charge on any atom is -0.493 e. The first kappa shape index (κ1) is 17.6. The summed E-state index contributed by atoms with van der Waals surface area (Å²) in [5.41, 5.74) is 2.67. The molecule has 0 bridgehead atoms. The van der Waals surface area contributed by atoms with Crippen molar-refractivity contribution in [3.63, 3.8) is 0 Å². The van der Waals surface area contributed by atoms with Crippen molar-refractivity contribution in [1.29, 1.82) is 0 Å². The molecule has 5 heteroatoms. The van der Waals surface area contributed by atoms with E-state index in [-0.39, 0.29) is 5.91 Å². The van der Waals surface area contributed by atoms with Gasteiger partial charge in [-0.15, -0.1) is 0 Å². The number of anilines is 1. The van der Waals surface area contributed by atoms with Gasteiger partial charge in [-0.05, 0) is 61.7 Å². The van der Waals surface area contributed by atoms with Gasteiger partial charge in [0.25, 0.3) is 0 Å². The Hall–Kier alpha value is -1.71. The van der Waals surface area contributed by atoms with E-state index >= 15 is 0 Å². The van der Waals surface area contributed by atoms with Crippen LogP contribution in [0.25, 0.3) is 0 Å². The maximum absolute atomic E-state index is 11.9. The number of halogens is 2. The highest BCUT2D eigenvalue weighted by atomic mass is 35.5. The summed E-state index contributed by atoms with van der Waals surface area (Å²) in [5, 5.41) is 4.04. The minimum atomic E-state index is -0.0767. The van der Waals surface area contributed by atoms with Crippen LogP contribution in [0.4, 0.5) is 5.69 Å². The summed E-state index contributed by atoms with van der Waals surface area (Å²) in [7, 11) is 0. The van der Waals surface area contributed by atoms with E-state index in [9.17, 15) is 4.79 Å². The maximum Gasteiger partial charge on any atom is 0.224 e. The van der Waals surface area contributed by atoms with Crippen molar-refractivity contribution < 1.29 is 9.53 Å². The largest absolute Gasteiger partial charge is 0.493 e. The first-order valence-electron chi connectivity index (χ1n) is 7.40. The van der Waals surface area contributed by atoms with Gasteiger partial charge in [-0.25, -0.2) is 0 Å². The predicted octanol–water partition coefficient (Wildman–Crippen LogP) is 5.41. The van der Waals surface area contributed by atoms with Crippen molar-refractivity contribution in [1.82, 2.24) is 0 Å². The van der Waals surface area contributed by atoms with E-state index in [1.807, 2.05) is 44.2 Å². The molecule has 122 valence electrons. The zero-order valence-electron chi connectivity index (χ0n) is 13.2. The maximum atomic E-state index is 11.9. The molecule has 0 atom stereocenters. The molecule has 2 aromatic carbocycles. The Morgan fingerprint density at radius 1 is 1.13 bits per heavy atom. The predicted molar refractivity (Wildman–Crippen MR) is 95.7 cm³/mol. The summed E-state index contributed by atoms with van der Waals surface area (Å²) in [6.45, 7) is 4.36. The number of nitrogens with one attached hydrogen (secondary N) is 1. The molecule has 2 aromatic rings. The average molecular weight is 352 g/mol. The first-order chi connectivity index (χ1) is 11.0. The van der Waals surface area contributed by atoms with Gasteiger partial charge in [0.2, 0.25) is 5.91 Å². The van der Waals surface area contributed by atoms with Crippen LogP contribution >= 0.6 is 23.2 Å². The lowest BCUT2D eigenvalue weighted by molar-refractivity contribution is -0.116. The van der Waals surface area contributed by atoms with Crippen LogP contribution in [0, 0.1) is 13.8 Å². The van der Waals surface area contributed by atoms with Gasteiger partial charge in [0.1, 0.15) is 5.75 Å². The third kappa shape index (κ3) is 5.45. The van der Waals surface area contributed by atoms with E-state index in [2.05, 4.69) is 5.32 Å². The van der Waals surface area contributed by atoms with Gasteiger partial charge in [-0.1, -0.05) is 29.3 Å². The highest BCUT2D eigenvalue weighted by Crippen LogP contribution is 2.23. The summed E-state index contributed by atoms with van der Waals surface area (Å²) in [4.78, 5) is 11.9. The molecule has 3 nitrogen and oxygen atoms in total. The smallest absolute Gasteiger partial charge is 0.224 e. The van der Waals surface area contributed by atoms with Crippen LogP contribution < -0.4 is 10.1 Å². The molecule has 2 rings (SSSR count). The quantitative estimate of drug-likeness (QED) is 0.706. The van der Waals surface area contributed by atoms with Gasteiger partial charge < -0.3 is 10.1 Å². The topological polar surface area (TPSA) is 38.3 Å². The lowest BCUT2D eigenvalue weighted by atomic mass is 10.2. The molecule has 0 saturated heterocycles. The van der Waals surface area contributed by atoms with Crippen molar-refractivity contribution >= 4 is 34.8 Å². The van der Waals surface area contributed by atoms with Crippen LogP contribution in [0.5, 0.6) is 5.75 Å². The van der Waals surface area contributed by atoms with Crippen LogP contribution in [0.3, 0.4) is 0 Å². The second-order valence-corrected chi connectivity index (χ2v) is 6.24. The number of aryl methyl sites for hydroxylation is 2. The first-order valence-corrected chi connectivity index (χ1v) is 8.16. The molecule has 0 saturated carbocycles. The van der Waals surface area contributed by atoms with E-state index in [1.54, 1.807) is 6.07 Å². The number of ether oxygens (including phenoxy) is 1. The van der Waals surface area contributed by atoms with Crippen LogP contribution in [0.15, 0.2) is 36.4 Å². The summed E-state index contributed by atoms with van der Waals surface area (Å²) < 4.78 is 5.67. The number of hydrogen-bond acceptors (Lipinski definition) is 2. The molecule has 0 aliphatic rings. The number of benzene rings is 2. The average Bonchev–Trinajstić information content (AvgIpc) is 2.48. The van der Waals surface area contributed by atoms with E-state index in [4.69, 9.17) is 27.9 Å². The Morgan fingerprint density at radius 3 is 2.61 bits per heavy atom. The molecule has 1 N–H and O–H groups in total. The van der Waals surface area contributed by atoms with Gasteiger partial charge in [0.05, 0.1) is 17.3 Å². The van der Waals surface area contributed by atoms with Crippen LogP contribution in [0.1, 0.15) is 24.0 Å². The number of carbonyl (C=O) groups is 1. The van der Waals surface area contributed by atoms with Gasteiger partial charge in [0, 0.05) is 11.4 Å². The Labute approximate surface area is 146 Å². The van der Waals surface area contributed by atoms with E-state index in [0.717, 1.165) is 16.9 Å². The lowest BCUT2D eigenvalue weighted by Crippen LogP contribution is -2.13. The number of amides is 1. The van der Waals surface area contributed by atoms with Crippen molar-refractivity contribution in [3.05, 3.63) is 57.6 Å². The van der Waals surface area contributed by atoms with Crippen molar-refractivity contribution in [3.8, 4) is 5.75 Å². The zero-order chi connectivity index (χ0) is 16.8. The standard InChI is InChI=1S/C18H19Cl2NO2/c1-12-5-7-16(15(20)10-12)21-18(22)4-3-9-23-17-8-6-14(19)11-13(17)2/h5-8,10-11H,3-4,9H2,1-2H3,(H,21,22). The number of hydrogen-bond donors (Lipinski definition) is 1. The fourth-order valence-electron chi connectivity index (χ4n) is 2.12. The van der Waals surface area contributed by atoms with Crippen molar-refractivity contribution in [2.75, 3.05) is 11.9 Å². The van der Waals surface area contributed by atoms with Gasteiger partial charge in [-0.2, -0.15) is 0 Å². The minimum absolute atomic E-state index is 0.0767. The third-order valence-corrected chi connectivity index (χ3v) is 3.89. The second kappa shape index (κ2) is 8.23. The normalized spacial score (nSPS) is 10.4. The molecule has 0 aliphatic carbocycles. The van der Waals surface area contributed by atoms with Crippen LogP contribution in [-0.4, -0.2) is 12.5 Å². The Kier molecular flexibility index (Phi) is 6.31. The monoisotopic (exact) mass is 351 g/mol. The van der Waals surface area contributed by atoms with Gasteiger partial charge in [0.15, 0.2) is 0 Å². The van der Waals surface area contributed by atoms with Gasteiger partial charge >= 0.3 is 0 Å². The molecule has 0 unspecified atom stereocenters. The molecule has 0 heterocycles. The Morgan fingerprint density at radius 2 is 1.91 bits per heavy atom. The number of carbonyl (C=O) groups excluding carboxylic acids is 1. The van der Waals surface area contributed by atoms with Crippen molar-refractivity contribution in [2.45, 2.75) is 26.7 Å². The second-order valence-electron chi connectivity index (χ2n) is 5.39. The fraction of sp³-hybridized carbons (Fsp3) is 0.278. The summed E-state index contributed by atoms with van der Waals surface area (Å²) in [6.07, 6.45) is 0.994. The molecule has 0 fully saturated rings. The van der Waals surface area contributed by atoms with E-state index in [0.29, 0.717) is 35.2 Å². The van der Waals surface area contributed by atoms with Crippen molar-refractivity contribution in [2.24, 2.45) is 0 Å².